The maximum atomic E-state index is 13.6. The van der Waals surface area contributed by atoms with Gasteiger partial charge in [-0.3, -0.25) is 14.5 Å². The molecular weight excluding hydrogens is 420 g/mol. The number of carbonyl (C=O) groups is 1. The highest BCUT2D eigenvalue weighted by molar-refractivity contribution is 6.04. The van der Waals surface area contributed by atoms with Crippen molar-refractivity contribution in [3.05, 3.63) is 93.5 Å². The van der Waals surface area contributed by atoms with Gasteiger partial charge in [0.05, 0.1) is 26.2 Å². The second kappa shape index (κ2) is 9.16. The largest absolute Gasteiger partial charge is 0.493 e. The number of rotatable bonds is 6. The van der Waals surface area contributed by atoms with E-state index >= 15 is 0 Å². The molecule has 0 N–H and O–H groups in total. The maximum absolute atomic E-state index is 13.6. The summed E-state index contributed by atoms with van der Waals surface area (Å²) in [7, 11) is 3.11. The van der Waals surface area contributed by atoms with Crippen LogP contribution in [-0.4, -0.2) is 25.1 Å². The van der Waals surface area contributed by atoms with Crippen molar-refractivity contribution in [2.45, 2.75) is 20.4 Å². The van der Waals surface area contributed by atoms with Gasteiger partial charge >= 0.3 is 0 Å². The number of aromatic nitrogens is 1. The van der Waals surface area contributed by atoms with E-state index in [-0.39, 0.29) is 17.7 Å². The maximum Gasteiger partial charge on any atom is 0.295 e. The van der Waals surface area contributed by atoms with Crippen molar-refractivity contribution in [1.29, 1.82) is 0 Å². The number of pyridine rings is 1. The van der Waals surface area contributed by atoms with Gasteiger partial charge in [-0.2, -0.15) is 0 Å². The first kappa shape index (κ1) is 22.1. The summed E-state index contributed by atoms with van der Waals surface area (Å²) in [5.41, 5.74) is 2.68. The molecule has 0 radical (unpaired) electrons. The fraction of sp³-hybridized carbons (Fsp3) is 0.192. The van der Waals surface area contributed by atoms with Crippen molar-refractivity contribution in [3.8, 4) is 11.5 Å². The molecule has 0 saturated heterocycles. The van der Waals surface area contributed by atoms with Gasteiger partial charge in [0.2, 0.25) is 0 Å². The Morgan fingerprint density at radius 3 is 2.48 bits per heavy atom. The lowest BCUT2D eigenvalue weighted by Gasteiger charge is -2.22. The molecule has 0 unspecified atom stereocenters. The first-order valence-corrected chi connectivity index (χ1v) is 10.4. The van der Waals surface area contributed by atoms with Crippen molar-refractivity contribution in [3.63, 3.8) is 0 Å². The molecule has 0 atom stereocenters. The number of carbonyl (C=O) groups excluding carboxylic acids is 1. The number of methoxy groups -OCH3 is 2. The van der Waals surface area contributed by atoms with E-state index in [0.717, 1.165) is 16.7 Å². The third-order valence-electron chi connectivity index (χ3n) is 5.33. The highest BCUT2D eigenvalue weighted by atomic mass is 16.5. The zero-order valence-corrected chi connectivity index (χ0v) is 18.9. The number of anilines is 1. The molecule has 0 fully saturated rings. The molecule has 4 aromatic rings. The van der Waals surface area contributed by atoms with Crippen molar-refractivity contribution in [2.75, 3.05) is 19.1 Å². The molecule has 7 nitrogen and oxygen atoms in total. The van der Waals surface area contributed by atoms with Gasteiger partial charge in [0.15, 0.2) is 22.7 Å². The number of benzene rings is 2. The molecule has 33 heavy (non-hydrogen) atoms. The molecule has 0 aliphatic heterocycles. The molecule has 7 heteroatoms. The second-order valence-corrected chi connectivity index (χ2v) is 7.70. The highest BCUT2D eigenvalue weighted by Gasteiger charge is 2.23. The van der Waals surface area contributed by atoms with Crippen LogP contribution >= 0.6 is 0 Å². The second-order valence-electron chi connectivity index (χ2n) is 7.70. The minimum Gasteiger partial charge on any atom is -0.493 e. The Morgan fingerprint density at radius 2 is 1.79 bits per heavy atom. The first-order valence-electron chi connectivity index (χ1n) is 10.4. The molecule has 4 rings (SSSR count). The minimum atomic E-state index is -0.470. The monoisotopic (exact) mass is 444 g/mol. The van der Waals surface area contributed by atoms with Crippen LogP contribution in [0.3, 0.4) is 0 Å². The molecule has 0 saturated carbocycles. The third-order valence-corrected chi connectivity index (χ3v) is 5.33. The summed E-state index contributed by atoms with van der Waals surface area (Å²) in [6.45, 7) is 3.95. The Balaban J connectivity index is 1.79. The summed E-state index contributed by atoms with van der Waals surface area (Å²) in [5, 5.41) is 0.452. The van der Waals surface area contributed by atoms with E-state index in [0.29, 0.717) is 28.3 Å². The number of ether oxygens (including phenoxy) is 2. The Hall–Kier alpha value is -4.13. The fourth-order valence-corrected chi connectivity index (χ4v) is 3.78. The number of fused-ring (bicyclic) bond motifs is 1. The first-order chi connectivity index (χ1) is 15.9. The van der Waals surface area contributed by atoms with Crippen molar-refractivity contribution >= 4 is 22.7 Å². The van der Waals surface area contributed by atoms with Crippen LogP contribution in [0.4, 0.5) is 5.82 Å². The van der Waals surface area contributed by atoms with Crippen LogP contribution in [-0.2, 0) is 6.54 Å². The average molecular weight is 444 g/mol. The number of hydrogen-bond acceptors (Lipinski definition) is 6. The van der Waals surface area contributed by atoms with E-state index in [4.69, 9.17) is 13.9 Å². The standard InChI is InChI=1S/C26H24N2O5/c1-16-11-17(2)25-19(12-16)20(29)14-23(33-25)26(30)28(24-7-5-6-10-27-24)15-18-8-9-21(31-3)22(13-18)32-4/h5-14H,15H2,1-4H3. The van der Waals surface area contributed by atoms with Gasteiger partial charge in [-0.1, -0.05) is 18.2 Å². The Morgan fingerprint density at radius 1 is 1.00 bits per heavy atom. The highest BCUT2D eigenvalue weighted by Crippen LogP contribution is 2.29. The summed E-state index contributed by atoms with van der Waals surface area (Å²) in [5.74, 6) is 1.05. The van der Waals surface area contributed by atoms with Gasteiger partial charge in [0.25, 0.3) is 5.91 Å². The number of amides is 1. The summed E-state index contributed by atoms with van der Waals surface area (Å²) in [6.07, 6.45) is 1.60. The molecule has 1 amide bonds. The summed E-state index contributed by atoms with van der Waals surface area (Å²) < 4.78 is 16.6. The molecule has 0 bridgehead atoms. The van der Waals surface area contributed by atoms with Crippen LogP contribution in [0.15, 0.2) is 70.0 Å². The predicted octanol–water partition coefficient (Wildman–Crippen LogP) is 4.67. The third kappa shape index (κ3) is 4.43. The zero-order valence-electron chi connectivity index (χ0n) is 18.9. The lowest BCUT2D eigenvalue weighted by molar-refractivity contribution is 0.0958. The van der Waals surface area contributed by atoms with E-state index in [1.165, 1.54) is 11.0 Å². The van der Waals surface area contributed by atoms with Gasteiger partial charge < -0.3 is 13.9 Å². The van der Waals surface area contributed by atoms with E-state index in [1.807, 2.05) is 26.0 Å². The molecule has 2 aromatic heterocycles. The average Bonchev–Trinajstić information content (AvgIpc) is 2.83. The van der Waals surface area contributed by atoms with E-state index < -0.39 is 5.91 Å². The van der Waals surface area contributed by atoms with Crippen molar-refractivity contribution in [1.82, 2.24) is 4.98 Å². The normalized spacial score (nSPS) is 10.8. The Bertz CT molecular complexity index is 1380. The van der Waals surface area contributed by atoms with Crippen LogP contribution in [0, 0.1) is 13.8 Å². The molecular formula is C26H24N2O5. The molecule has 2 heterocycles. The number of hydrogen-bond donors (Lipinski definition) is 0. The molecule has 0 aliphatic rings. The van der Waals surface area contributed by atoms with Crippen LogP contribution in [0.5, 0.6) is 11.5 Å². The van der Waals surface area contributed by atoms with Crippen LogP contribution < -0.4 is 19.8 Å². The Kier molecular flexibility index (Phi) is 6.13. The van der Waals surface area contributed by atoms with E-state index in [2.05, 4.69) is 4.98 Å². The number of aryl methyl sites for hydroxylation is 2. The van der Waals surface area contributed by atoms with Crippen molar-refractivity contribution in [2.24, 2.45) is 0 Å². The molecule has 0 aliphatic carbocycles. The van der Waals surface area contributed by atoms with Gasteiger partial charge in [-0.05, 0) is 60.9 Å². The molecule has 2 aromatic carbocycles. The number of nitrogens with zero attached hydrogens (tertiary/aromatic N) is 2. The fourth-order valence-electron chi connectivity index (χ4n) is 3.78. The topological polar surface area (TPSA) is 81.9 Å². The summed E-state index contributed by atoms with van der Waals surface area (Å²) in [4.78, 5) is 32.2. The smallest absolute Gasteiger partial charge is 0.295 e. The molecule has 168 valence electrons. The van der Waals surface area contributed by atoms with E-state index in [9.17, 15) is 9.59 Å². The van der Waals surface area contributed by atoms with Gasteiger partial charge in [-0.15, -0.1) is 0 Å². The molecule has 0 spiro atoms. The summed E-state index contributed by atoms with van der Waals surface area (Å²) >= 11 is 0. The quantitative estimate of drug-likeness (QED) is 0.430. The lowest BCUT2D eigenvalue weighted by atomic mass is 10.1. The van der Waals surface area contributed by atoms with Gasteiger partial charge in [0.1, 0.15) is 11.4 Å². The zero-order chi connectivity index (χ0) is 23.5. The summed E-state index contributed by atoms with van der Waals surface area (Å²) in [6, 6.07) is 15.6. The minimum absolute atomic E-state index is 0.0504. The van der Waals surface area contributed by atoms with Crippen LogP contribution in [0.1, 0.15) is 27.2 Å². The lowest BCUT2D eigenvalue weighted by Crippen LogP contribution is -2.31. The van der Waals surface area contributed by atoms with Gasteiger partial charge in [-0.25, -0.2) is 4.98 Å². The predicted molar refractivity (Wildman–Crippen MR) is 126 cm³/mol. The van der Waals surface area contributed by atoms with Gasteiger partial charge in [0, 0.05) is 12.3 Å². The Labute approximate surface area is 191 Å². The van der Waals surface area contributed by atoms with Crippen LogP contribution in [0.25, 0.3) is 11.0 Å². The van der Waals surface area contributed by atoms with Crippen LogP contribution in [0.2, 0.25) is 0 Å². The van der Waals surface area contributed by atoms with Crippen molar-refractivity contribution < 1.29 is 18.7 Å². The van der Waals surface area contributed by atoms with E-state index in [1.54, 1.807) is 56.8 Å². The SMILES string of the molecule is COc1ccc(CN(C(=O)c2cc(=O)c3cc(C)cc(C)c3o2)c2ccccn2)cc1OC.